The zero-order valence-corrected chi connectivity index (χ0v) is 14.9. The summed E-state index contributed by atoms with van der Waals surface area (Å²) < 4.78 is 33.4. The number of hydrogen-bond acceptors (Lipinski definition) is 4. The summed E-state index contributed by atoms with van der Waals surface area (Å²) in [7, 11) is -3.67. The first-order valence-corrected chi connectivity index (χ1v) is 9.96. The van der Waals surface area contributed by atoms with E-state index in [1.165, 1.54) is 12.5 Å². The van der Waals surface area contributed by atoms with Crippen LogP contribution in [0.1, 0.15) is 31.1 Å². The number of nitrogens with one attached hydrogen (secondary N) is 1. The molecule has 0 saturated carbocycles. The Hall–Kier alpha value is -1.34. The molecular weight excluding hydrogens is 348 g/mol. The van der Waals surface area contributed by atoms with E-state index in [1.54, 1.807) is 24.5 Å². The zero-order valence-electron chi connectivity index (χ0n) is 13.3. The van der Waals surface area contributed by atoms with Crippen molar-refractivity contribution in [1.82, 2.24) is 9.62 Å². The maximum Gasteiger partial charge on any atom is 0.242 e. The van der Waals surface area contributed by atoms with Gasteiger partial charge in [0, 0.05) is 6.54 Å². The van der Waals surface area contributed by atoms with Gasteiger partial charge in [-0.3, -0.25) is 4.90 Å². The SMILES string of the molecule is O=S(=O)(NCC(c1ccco1)N1CCCCC1)c1ccccc1Cl. The van der Waals surface area contributed by atoms with Crippen LogP contribution >= 0.6 is 11.6 Å². The van der Waals surface area contributed by atoms with Gasteiger partial charge in [0.1, 0.15) is 10.7 Å². The Morgan fingerprint density at radius 1 is 1.12 bits per heavy atom. The van der Waals surface area contributed by atoms with Crippen LogP contribution < -0.4 is 4.72 Å². The maximum atomic E-state index is 12.6. The first-order chi connectivity index (χ1) is 11.6. The monoisotopic (exact) mass is 368 g/mol. The van der Waals surface area contributed by atoms with Gasteiger partial charge in [0.05, 0.1) is 17.3 Å². The molecule has 0 radical (unpaired) electrons. The lowest BCUT2D eigenvalue weighted by atomic mass is 10.1. The number of furan rings is 1. The third kappa shape index (κ3) is 4.00. The molecule has 1 N–H and O–H groups in total. The van der Waals surface area contributed by atoms with Crippen molar-refractivity contribution in [2.24, 2.45) is 0 Å². The van der Waals surface area contributed by atoms with Crippen LogP contribution in [-0.2, 0) is 10.0 Å². The second kappa shape index (κ2) is 7.70. The third-order valence-corrected chi connectivity index (χ3v) is 6.22. The molecule has 0 amide bonds. The Labute approximate surface area is 147 Å². The lowest BCUT2D eigenvalue weighted by Crippen LogP contribution is -2.40. The smallest absolute Gasteiger partial charge is 0.242 e. The van der Waals surface area contributed by atoms with Gasteiger partial charge < -0.3 is 4.42 Å². The molecule has 0 spiro atoms. The van der Waals surface area contributed by atoms with Crippen LogP contribution in [-0.4, -0.2) is 33.0 Å². The van der Waals surface area contributed by atoms with Crippen molar-refractivity contribution >= 4 is 21.6 Å². The summed E-state index contributed by atoms with van der Waals surface area (Å²) in [5.74, 6) is 0.777. The summed E-state index contributed by atoms with van der Waals surface area (Å²) in [6, 6.07) is 10.1. The summed E-state index contributed by atoms with van der Waals surface area (Å²) in [5, 5.41) is 0.220. The van der Waals surface area contributed by atoms with Crippen molar-refractivity contribution in [3.63, 3.8) is 0 Å². The first kappa shape index (κ1) is 17.5. The first-order valence-electron chi connectivity index (χ1n) is 8.09. The largest absolute Gasteiger partial charge is 0.468 e. The Bertz CT molecular complexity index is 756. The molecule has 1 saturated heterocycles. The minimum atomic E-state index is -3.67. The van der Waals surface area contributed by atoms with Crippen molar-refractivity contribution in [3.05, 3.63) is 53.4 Å². The molecule has 5 nitrogen and oxygen atoms in total. The number of likely N-dealkylation sites (tertiary alicyclic amines) is 1. The second-order valence-electron chi connectivity index (χ2n) is 5.91. The van der Waals surface area contributed by atoms with Crippen LogP contribution in [0.5, 0.6) is 0 Å². The molecule has 2 heterocycles. The predicted octanol–water partition coefficient (Wildman–Crippen LogP) is 3.44. The molecule has 1 fully saturated rings. The number of nitrogens with zero attached hydrogens (tertiary/aromatic N) is 1. The molecule has 1 aromatic carbocycles. The molecule has 1 aliphatic heterocycles. The van der Waals surface area contributed by atoms with Gasteiger partial charge in [0.15, 0.2) is 0 Å². The molecule has 24 heavy (non-hydrogen) atoms. The van der Waals surface area contributed by atoms with E-state index in [0.29, 0.717) is 0 Å². The molecule has 1 aromatic heterocycles. The van der Waals surface area contributed by atoms with Crippen molar-refractivity contribution in [2.45, 2.75) is 30.2 Å². The summed E-state index contributed by atoms with van der Waals surface area (Å²) in [4.78, 5) is 2.38. The summed E-state index contributed by atoms with van der Waals surface area (Å²) in [6.45, 7) is 2.14. The van der Waals surface area contributed by atoms with Crippen molar-refractivity contribution < 1.29 is 12.8 Å². The van der Waals surface area contributed by atoms with Gasteiger partial charge in [0.2, 0.25) is 10.0 Å². The quantitative estimate of drug-likeness (QED) is 0.848. The summed E-state index contributed by atoms with van der Waals surface area (Å²) >= 11 is 6.02. The number of sulfonamides is 1. The topological polar surface area (TPSA) is 62.6 Å². The molecule has 1 unspecified atom stereocenters. The summed E-state index contributed by atoms with van der Waals surface area (Å²) in [5.41, 5.74) is 0. The number of rotatable bonds is 6. The lowest BCUT2D eigenvalue weighted by Gasteiger charge is -2.33. The van der Waals surface area contributed by atoms with Gasteiger partial charge in [-0.2, -0.15) is 0 Å². The molecule has 3 rings (SSSR count). The number of halogens is 1. The highest BCUT2D eigenvalue weighted by atomic mass is 35.5. The van der Waals surface area contributed by atoms with Gasteiger partial charge in [-0.25, -0.2) is 13.1 Å². The minimum Gasteiger partial charge on any atom is -0.468 e. The van der Waals surface area contributed by atoms with Gasteiger partial charge in [0.25, 0.3) is 0 Å². The summed E-state index contributed by atoms with van der Waals surface area (Å²) in [6.07, 6.45) is 5.07. The highest BCUT2D eigenvalue weighted by Crippen LogP contribution is 2.26. The third-order valence-electron chi connectivity index (χ3n) is 4.30. The van der Waals surface area contributed by atoms with E-state index in [9.17, 15) is 8.42 Å². The number of benzene rings is 1. The lowest BCUT2D eigenvalue weighted by molar-refractivity contribution is 0.147. The average molecular weight is 369 g/mol. The molecule has 130 valence electrons. The van der Waals surface area contributed by atoms with Crippen molar-refractivity contribution in [1.29, 1.82) is 0 Å². The number of hydrogen-bond donors (Lipinski definition) is 1. The molecule has 0 bridgehead atoms. The van der Waals surface area contributed by atoms with E-state index in [1.807, 2.05) is 12.1 Å². The van der Waals surface area contributed by atoms with Crippen LogP contribution in [0, 0.1) is 0 Å². The van der Waals surface area contributed by atoms with E-state index in [0.717, 1.165) is 31.7 Å². The van der Waals surface area contributed by atoms with E-state index in [2.05, 4.69) is 9.62 Å². The van der Waals surface area contributed by atoms with Crippen LogP contribution in [0.3, 0.4) is 0 Å². The Kier molecular flexibility index (Phi) is 5.61. The van der Waals surface area contributed by atoms with E-state index < -0.39 is 10.0 Å². The second-order valence-corrected chi connectivity index (χ2v) is 8.05. The van der Waals surface area contributed by atoms with E-state index in [4.69, 9.17) is 16.0 Å². The normalized spacial score (nSPS) is 17.7. The Morgan fingerprint density at radius 3 is 2.54 bits per heavy atom. The fraction of sp³-hybridized carbons (Fsp3) is 0.412. The van der Waals surface area contributed by atoms with E-state index in [-0.39, 0.29) is 22.5 Å². The van der Waals surface area contributed by atoms with Gasteiger partial charge >= 0.3 is 0 Å². The minimum absolute atomic E-state index is 0.100. The maximum absolute atomic E-state index is 12.6. The molecular formula is C17H21ClN2O3S. The van der Waals surface area contributed by atoms with Crippen LogP contribution in [0.2, 0.25) is 5.02 Å². The molecule has 7 heteroatoms. The fourth-order valence-electron chi connectivity index (χ4n) is 3.05. The molecule has 0 aliphatic carbocycles. The Balaban J connectivity index is 1.77. The van der Waals surface area contributed by atoms with Crippen LogP contribution in [0.4, 0.5) is 0 Å². The van der Waals surface area contributed by atoms with Gasteiger partial charge in [-0.1, -0.05) is 30.2 Å². The fourth-order valence-corrected chi connectivity index (χ4v) is 4.61. The average Bonchev–Trinajstić information content (AvgIpc) is 3.10. The van der Waals surface area contributed by atoms with Gasteiger partial charge in [-0.15, -0.1) is 0 Å². The standard InChI is InChI=1S/C17H21ClN2O3S/c18-14-7-2-3-9-17(14)24(21,22)19-13-15(16-8-6-12-23-16)20-10-4-1-5-11-20/h2-3,6-9,12,15,19H,1,4-5,10-11,13H2. The van der Waals surface area contributed by atoms with Gasteiger partial charge in [-0.05, 0) is 50.2 Å². The highest BCUT2D eigenvalue weighted by Gasteiger charge is 2.27. The van der Waals surface area contributed by atoms with Crippen molar-refractivity contribution in [2.75, 3.05) is 19.6 Å². The highest BCUT2D eigenvalue weighted by molar-refractivity contribution is 7.89. The van der Waals surface area contributed by atoms with Crippen LogP contribution in [0.15, 0.2) is 52.0 Å². The van der Waals surface area contributed by atoms with E-state index >= 15 is 0 Å². The zero-order chi connectivity index (χ0) is 17.0. The van der Waals surface area contributed by atoms with Crippen LogP contribution in [0.25, 0.3) is 0 Å². The molecule has 2 aromatic rings. The molecule has 1 aliphatic rings. The Morgan fingerprint density at radius 2 is 1.88 bits per heavy atom. The number of piperidine rings is 1. The predicted molar refractivity (Wildman–Crippen MR) is 93.5 cm³/mol. The van der Waals surface area contributed by atoms with Crippen molar-refractivity contribution in [3.8, 4) is 0 Å². The molecule has 1 atom stereocenters.